The van der Waals surface area contributed by atoms with E-state index in [4.69, 9.17) is 11.6 Å². The van der Waals surface area contributed by atoms with Crippen LogP contribution in [0.2, 0.25) is 5.02 Å². The molecule has 0 atom stereocenters. The lowest BCUT2D eigenvalue weighted by Crippen LogP contribution is -2.28. The van der Waals surface area contributed by atoms with E-state index in [-0.39, 0.29) is 16.6 Å². The molecule has 0 aliphatic carbocycles. The number of rotatable bonds is 3. The molecular formula is C13H10ClFN3O2+. The number of benzene rings is 1. The standard InChI is InChI=1S/C13H9ClFN3O2/c1-8(19)18(10-2-3-11(14)12(15)7-10)13-6-9(17-20)4-5-16-13/h2-7H,1H3/p+1. The van der Waals surface area contributed by atoms with Gasteiger partial charge in [0.25, 0.3) is 5.82 Å². The van der Waals surface area contributed by atoms with Crippen molar-refractivity contribution >= 4 is 34.7 Å². The van der Waals surface area contributed by atoms with Gasteiger partial charge in [-0.2, -0.15) is 4.90 Å². The Bertz CT molecular complexity index is 678. The van der Waals surface area contributed by atoms with Crippen molar-refractivity contribution in [2.75, 3.05) is 4.90 Å². The molecule has 1 aromatic carbocycles. The van der Waals surface area contributed by atoms with Gasteiger partial charge < -0.3 is 0 Å². The van der Waals surface area contributed by atoms with Crippen LogP contribution >= 0.6 is 11.6 Å². The number of nitroso groups, excluding NO2 is 1. The number of H-pyrrole nitrogens is 1. The van der Waals surface area contributed by atoms with E-state index in [2.05, 4.69) is 10.2 Å². The van der Waals surface area contributed by atoms with Gasteiger partial charge in [-0.15, -0.1) is 4.91 Å². The van der Waals surface area contributed by atoms with Crippen molar-refractivity contribution in [3.63, 3.8) is 0 Å². The predicted octanol–water partition coefficient (Wildman–Crippen LogP) is 3.38. The summed E-state index contributed by atoms with van der Waals surface area (Å²) in [6.07, 6.45) is 1.47. The second-order valence-corrected chi connectivity index (χ2v) is 4.38. The van der Waals surface area contributed by atoms with E-state index in [0.29, 0.717) is 11.5 Å². The highest BCUT2D eigenvalue weighted by Gasteiger charge is 2.25. The van der Waals surface area contributed by atoms with E-state index >= 15 is 0 Å². The number of aromatic amines is 1. The maximum atomic E-state index is 13.5. The second-order valence-electron chi connectivity index (χ2n) is 3.98. The van der Waals surface area contributed by atoms with Crippen molar-refractivity contribution in [1.82, 2.24) is 0 Å². The van der Waals surface area contributed by atoms with Gasteiger partial charge in [-0.05, 0) is 17.3 Å². The Morgan fingerprint density at radius 2 is 2.10 bits per heavy atom. The molecule has 0 aliphatic rings. The van der Waals surface area contributed by atoms with Crippen molar-refractivity contribution in [3.8, 4) is 0 Å². The lowest BCUT2D eigenvalue weighted by molar-refractivity contribution is -0.362. The number of nitrogens with zero attached hydrogens (tertiary/aromatic N) is 2. The molecule has 1 heterocycles. The fourth-order valence-corrected chi connectivity index (χ4v) is 1.86. The van der Waals surface area contributed by atoms with Crippen molar-refractivity contribution in [1.29, 1.82) is 0 Å². The zero-order chi connectivity index (χ0) is 14.7. The molecule has 0 aliphatic heterocycles. The molecular weight excluding hydrogens is 285 g/mol. The monoisotopic (exact) mass is 294 g/mol. The molecule has 7 heteroatoms. The third-order valence-electron chi connectivity index (χ3n) is 2.59. The van der Waals surface area contributed by atoms with E-state index in [1.807, 2.05) is 0 Å². The summed E-state index contributed by atoms with van der Waals surface area (Å²) in [6, 6.07) is 6.84. The highest BCUT2D eigenvalue weighted by molar-refractivity contribution is 6.30. The average Bonchev–Trinajstić information content (AvgIpc) is 2.43. The van der Waals surface area contributed by atoms with Gasteiger partial charge in [0.2, 0.25) is 0 Å². The zero-order valence-corrected chi connectivity index (χ0v) is 11.2. The molecule has 2 rings (SSSR count). The first-order valence-corrected chi connectivity index (χ1v) is 6.01. The number of pyridine rings is 1. The molecule has 0 radical (unpaired) electrons. The number of carbonyl (C=O) groups is 1. The summed E-state index contributed by atoms with van der Waals surface area (Å²) in [7, 11) is 0. The van der Waals surface area contributed by atoms with Crippen LogP contribution in [0, 0.1) is 10.7 Å². The molecule has 1 amide bonds. The topological polar surface area (TPSA) is 63.9 Å². The molecule has 0 saturated heterocycles. The van der Waals surface area contributed by atoms with Gasteiger partial charge in [-0.25, -0.2) is 14.2 Å². The molecule has 102 valence electrons. The van der Waals surface area contributed by atoms with Gasteiger partial charge in [0.1, 0.15) is 17.2 Å². The van der Waals surface area contributed by atoms with Crippen LogP contribution < -0.4 is 9.88 Å². The van der Waals surface area contributed by atoms with Crippen LogP contribution in [0.5, 0.6) is 0 Å². The summed E-state index contributed by atoms with van der Waals surface area (Å²) in [6.45, 7) is 1.32. The van der Waals surface area contributed by atoms with E-state index in [1.165, 1.54) is 42.3 Å². The molecule has 5 nitrogen and oxygen atoms in total. The quantitative estimate of drug-likeness (QED) is 0.815. The molecule has 0 saturated carbocycles. The molecule has 0 unspecified atom stereocenters. The molecule has 1 aromatic heterocycles. The number of nitrogens with one attached hydrogen (secondary N) is 1. The van der Waals surface area contributed by atoms with Gasteiger partial charge in [0.05, 0.1) is 17.3 Å². The zero-order valence-electron chi connectivity index (χ0n) is 10.4. The Kier molecular flexibility index (Phi) is 4.05. The Hall–Kier alpha value is -2.34. The predicted molar refractivity (Wildman–Crippen MR) is 72.7 cm³/mol. The van der Waals surface area contributed by atoms with Gasteiger partial charge in [0, 0.05) is 19.1 Å². The summed E-state index contributed by atoms with van der Waals surface area (Å²) in [5.41, 5.74) is 0.443. The smallest absolute Gasteiger partial charge is 0.247 e. The summed E-state index contributed by atoms with van der Waals surface area (Å²) in [5, 5.41) is 2.76. The molecule has 0 fully saturated rings. The van der Waals surface area contributed by atoms with Crippen molar-refractivity contribution in [3.05, 3.63) is 52.3 Å². The van der Waals surface area contributed by atoms with Crippen molar-refractivity contribution in [2.45, 2.75) is 6.92 Å². The minimum absolute atomic E-state index is 0.0375. The summed E-state index contributed by atoms with van der Waals surface area (Å²) in [4.78, 5) is 26.3. The highest BCUT2D eigenvalue weighted by Crippen LogP contribution is 2.27. The van der Waals surface area contributed by atoms with E-state index in [1.54, 1.807) is 0 Å². The Morgan fingerprint density at radius 3 is 2.70 bits per heavy atom. The van der Waals surface area contributed by atoms with Gasteiger partial charge >= 0.3 is 5.91 Å². The Balaban J connectivity index is 2.52. The Morgan fingerprint density at radius 1 is 1.35 bits per heavy atom. The van der Waals surface area contributed by atoms with Crippen LogP contribution in [-0.4, -0.2) is 5.91 Å². The van der Waals surface area contributed by atoms with Crippen LogP contribution in [0.3, 0.4) is 0 Å². The molecule has 20 heavy (non-hydrogen) atoms. The summed E-state index contributed by atoms with van der Waals surface area (Å²) >= 11 is 5.62. The molecule has 0 spiro atoms. The number of carbonyl (C=O) groups excluding carboxylic acids is 1. The van der Waals surface area contributed by atoms with Crippen molar-refractivity contribution < 1.29 is 14.2 Å². The van der Waals surface area contributed by atoms with Crippen molar-refractivity contribution in [2.24, 2.45) is 5.18 Å². The van der Waals surface area contributed by atoms with Crippen LogP contribution in [0.25, 0.3) is 0 Å². The van der Waals surface area contributed by atoms with Crippen LogP contribution in [0.15, 0.2) is 41.7 Å². The second kappa shape index (κ2) is 5.75. The number of halogens is 2. The van der Waals surface area contributed by atoms with E-state index < -0.39 is 5.82 Å². The highest BCUT2D eigenvalue weighted by atomic mass is 35.5. The molecule has 1 N–H and O–H groups in total. The summed E-state index contributed by atoms with van der Waals surface area (Å²) < 4.78 is 13.5. The number of anilines is 2. The largest absolute Gasteiger partial charge is 0.311 e. The lowest BCUT2D eigenvalue weighted by Gasteiger charge is -2.12. The van der Waals surface area contributed by atoms with Crippen LogP contribution in [0.1, 0.15) is 6.92 Å². The number of amides is 1. The Labute approximate surface area is 119 Å². The fourth-order valence-electron chi connectivity index (χ4n) is 1.74. The first kappa shape index (κ1) is 14.1. The van der Waals surface area contributed by atoms with E-state index in [9.17, 15) is 14.1 Å². The maximum absolute atomic E-state index is 13.5. The SMILES string of the molecule is CC(=O)N(c1ccc(Cl)c(F)c1)c1cc(N=O)cc[nH+]1. The van der Waals surface area contributed by atoms with Crippen LogP contribution in [0.4, 0.5) is 21.6 Å². The summed E-state index contributed by atoms with van der Waals surface area (Å²) in [5.74, 6) is -0.692. The first-order chi connectivity index (χ1) is 9.52. The molecule has 0 bridgehead atoms. The number of hydrogen-bond donors (Lipinski definition) is 0. The molecule has 2 aromatic rings. The van der Waals surface area contributed by atoms with Gasteiger partial charge in [-0.3, -0.25) is 0 Å². The maximum Gasteiger partial charge on any atom is 0.311 e. The fraction of sp³-hybridized carbons (Fsp3) is 0.0769. The first-order valence-electron chi connectivity index (χ1n) is 5.64. The van der Waals surface area contributed by atoms with Gasteiger partial charge in [0.15, 0.2) is 0 Å². The minimum Gasteiger partial charge on any atom is -0.247 e. The third kappa shape index (κ3) is 2.80. The average molecular weight is 295 g/mol. The lowest BCUT2D eigenvalue weighted by atomic mass is 10.2. The number of aromatic nitrogens is 1. The van der Waals surface area contributed by atoms with E-state index in [0.717, 1.165) is 6.07 Å². The van der Waals surface area contributed by atoms with Crippen LogP contribution in [-0.2, 0) is 4.79 Å². The number of hydrogen-bond acceptors (Lipinski definition) is 3. The van der Waals surface area contributed by atoms with Gasteiger partial charge in [-0.1, -0.05) is 11.6 Å². The third-order valence-corrected chi connectivity index (χ3v) is 2.90. The normalized spacial score (nSPS) is 10.2. The minimum atomic E-state index is -0.639.